The first-order chi connectivity index (χ1) is 14.8. The van der Waals surface area contributed by atoms with Crippen LogP contribution in [0, 0.1) is 0 Å². The zero-order valence-corrected chi connectivity index (χ0v) is 22.0. The van der Waals surface area contributed by atoms with E-state index >= 15 is 0 Å². The summed E-state index contributed by atoms with van der Waals surface area (Å²) >= 11 is 0. The maximum atomic E-state index is 12.0. The number of carbonyl (C=O) groups excluding carboxylic acids is 1. The molecule has 0 aliphatic heterocycles. The highest BCUT2D eigenvalue weighted by atomic mass is 31.1. The van der Waals surface area contributed by atoms with Crippen molar-refractivity contribution in [2.45, 2.75) is 110 Å². The first-order valence-electron chi connectivity index (χ1n) is 12.5. The fourth-order valence-corrected chi connectivity index (χ4v) is 3.82. The highest BCUT2D eigenvalue weighted by Gasteiger charge is 2.32. The van der Waals surface area contributed by atoms with E-state index in [0.717, 1.165) is 36.7 Å². The van der Waals surface area contributed by atoms with Gasteiger partial charge in [-0.25, -0.2) is 0 Å². The molecule has 0 aliphatic rings. The third-order valence-electron chi connectivity index (χ3n) is 5.22. The lowest BCUT2D eigenvalue weighted by Gasteiger charge is -2.22. The topological polar surface area (TPSA) is 52.6 Å². The number of nitrogens with zero attached hydrogens (tertiary/aromatic N) is 1. The van der Waals surface area contributed by atoms with Gasteiger partial charge in [0.1, 0.15) is 6.54 Å². The minimum absolute atomic E-state index is 0.274. The van der Waals surface area contributed by atoms with Gasteiger partial charge in [0.2, 0.25) is 0 Å². The fourth-order valence-electron chi connectivity index (χ4n) is 3.14. The summed E-state index contributed by atoms with van der Waals surface area (Å²) < 4.78 is 23.3. The number of hydrogen-bond donors (Lipinski definition) is 0. The lowest BCUT2D eigenvalue weighted by atomic mass is 10.1. The van der Waals surface area contributed by atoms with Crippen LogP contribution in [0.15, 0.2) is 12.2 Å². The first kappa shape index (κ1) is 30.2. The van der Waals surface area contributed by atoms with Crippen molar-refractivity contribution in [2.75, 3.05) is 34.3 Å². The van der Waals surface area contributed by atoms with Gasteiger partial charge < -0.3 is 9.22 Å². The molecule has 0 fully saturated rings. The lowest BCUT2D eigenvalue weighted by molar-refractivity contribution is -0.870. The minimum Gasteiger partial charge on any atom is -0.414 e. The van der Waals surface area contributed by atoms with E-state index in [2.05, 4.69) is 19.1 Å². The zero-order chi connectivity index (χ0) is 23.4. The third-order valence-corrected chi connectivity index (χ3v) is 6.36. The Hall–Kier alpha value is -0.770. The number of likely N-dealkylation sites (N-methyl/N-ethyl adjacent to an activating group) is 1. The summed E-state index contributed by atoms with van der Waals surface area (Å²) in [5.41, 5.74) is 0. The number of esters is 1. The Morgan fingerprint density at radius 1 is 0.871 bits per heavy atom. The summed E-state index contributed by atoms with van der Waals surface area (Å²) in [6.07, 6.45) is 21.1. The van der Waals surface area contributed by atoms with Gasteiger partial charge in [-0.2, -0.15) is 0 Å². The quantitative estimate of drug-likeness (QED) is 0.0591. The Balaban J connectivity index is 3.53. The van der Waals surface area contributed by atoms with Crippen LogP contribution in [0.5, 0.6) is 0 Å². The largest absolute Gasteiger partial charge is 0.553 e. The second-order valence-corrected chi connectivity index (χ2v) is 11.1. The lowest BCUT2D eigenvalue weighted by Crippen LogP contribution is -2.37. The van der Waals surface area contributed by atoms with E-state index in [4.69, 9.17) is 9.26 Å². The molecule has 0 aromatic rings. The van der Waals surface area contributed by atoms with Gasteiger partial charge in [-0.05, 0) is 36.7 Å². The van der Waals surface area contributed by atoms with Crippen LogP contribution in [0.1, 0.15) is 104 Å². The molecule has 5 nitrogen and oxygen atoms in total. The molecular formula is C25H50NO4P+2. The van der Waals surface area contributed by atoms with Crippen molar-refractivity contribution in [1.29, 1.82) is 0 Å². The van der Waals surface area contributed by atoms with E-state index in [9.17, 15) is 9.36 Å². The van der Waals surface area contributed by atoms with Gasteiger partial charge in [0, 0.05) is 13.3 Å². The Kier molecular flexibility index (Phi) is 19.4. The van der Waals surface area contributed by atoms with Crippen LogP contribution in [0.25, 0.3) is 0 Å². The molecule has 0 spiro atoms. The standard InChI is InChI=1S/C25H50NO4P/c1-6-7-8-9-10-11-12-13-14-15-16-17-18-19-20-21-25(27)30-24(2)31(28)29-23-22-26(3,4)5/h13-14,24H,6-12,15-23H2,1-5H3/q+2. The van der Waals surface area contributed by atoms with Crippen molar-refractivity contribution in [1.82, 2.24) is 0 Å². The van der Waals surface area contributed by atoms with Crippen LogP contribution in [0.3, 0.4) is 0 Å². The molecule has 0 N–H and O–H groups in total. The van der Waals surface area contributed by atoms with Gasteiger partial charge in [-0.3, -0.25) is 4.79 Å². The second-order valence-electron chi connectivity index (χ2n) is 9.56. The summed E-state index contributed by atoms with van der Waals surface area (Å²) in [5.74, 6) is -0.957. The Bertz CT molecular complexity index is 488. The van der Waals surface area contributed by atoms with Crippen LogP contribution >= 0.6 is 8.03 Å². The molecular weight excluding hydrogens is 409 g/mol. The molecule has 2 atom stereocenters. The van der Waals surface area contributed by atoms with Crippen LogP contribution in [0.4, 0.5) is 0 Å². The predicted octanol–water partition coefficient (Wildman–Crippen LogP) is 7.38. The number of quaternary nitrogens is 1. The minimum atomic E-state index is -1.98. The smallest absolute Gasteiger partial charge is 0.414 e. The summed E-state index contributed by atoms with van der Waals surface area (Å²) in [6.45, 7) is 5.06. The van der Waals surface area contributed by atoms with Gasteiger partial charge in [0.05, 0.1) is 21.1 Å². The van der Waals surface area contributed by atoms with Crippen molar-refractivity contribution in [3.8, 4) is 0 Å². The highest BCUT2D eigenvalue weighted by Crippen LogP contribution is 2.30. The van der Waals surface area contributed by atoms with E-state index in [-0.39, 0.29) is 5.97 Å². The predicted molar refractivity (Wildman–Crippen MR) is 131 cm³/mol. The number of rotatable bonds is 21. The van der Waals surface area contributed by atoms with E-state index in [1.165, 1.54) is 57.8 Å². The van der Waals surface area contributed by atoms with E-state index in [0.29, 0.717) is 13.0 Å². The molecule has 0 saturated carbocycles. The van der Waals surface area contributed by atoms with Gasteiger partial charge in [-0.1, -0.05) is 70.4 Å². The van der Waals surface area contributed by atoms with Gasteiger partial charge >= 0.3 is 19.8 Å². The molecule has 0 aliphatic carbocycles. The highest BCUT2D eigenvalue weighted by molar-refractivity contribution is 7.39. The molecule has 31 heavy (non-hydrogen) atoms. The first-order valence-corrected chi connectivity index (χ1v) is 13.7. The molecule has 182 valence electrons. The maximum Gasteiger partial charge on any atom is 0.553 e. The molecule has 2 unspecified atom stereocenters. The van der Waals surface area contributed by atoms with E-state index < -0.39 is 13.9 Å². The average Bonchev–Trinajstić information content (AvgIpc) is 2.69. The summed E-state index contributed by atoms with van der Waals surface area (Å²) in [6, 6.07) is 0. The number of carbonyl (C=O) groups is 1. The average molecular weight is 460 g/mol. The van der Waals surface area contributed by atoms with Crippen LogP contribution in [-0.4, -0.2) is 50.6 Å². The second kappa shape index (κ2) is 19.9. The Labute approximate surface area is 193 Å². The van der Waals surface area contributed by atoms with Crippen molar-refractivity contribution >= 4 is 14.0 Å². The molecule has 0 amide bonds. The SMILES string of the molecule is CCCCCCCCC=CCCCCCCCC(=O)OC(C)[P+](=O)OCC[N+](C)(C)C. The fraction of sp³-hybridized carbons (Fsp3) is 0.880. The van der Waals surface area contributed by atoms with Crippen LogP contribution in [0.2, 0.25) is 0 Å². The Morgan fingerprint density at radius 3 is 1.94 bits per heavy atom. The summed E-state index contributed by atoms with van der Waals surface area (Å²) in [5, 5.41) is 0. The number of ether oxygens (including phenoxy) is 1. The number of hydrogen-bond acceptors (Lipinski definition) is 4. The third kappa shape index (κ3) is 22.2. The van der Waals surface area contributed by atoms with Gasteiger partial charge in [0.25, 0.3) is 0 Å². The molecule has 0 heterocycles. The van der Waals surface area contributed by atoms with Gasteiger partial charge in [0.15, 0.2) is 6.61 Å². The number of unbranched alkanes of at least 4 members (excludes halogenated alkanes) is 11. The Morgan fingerprint density at radius 2 is 1.39 bits per heavy atom. The monoisotopic (exact) mass is 459 g/mol. The maximum absolute atomic E-state index is 12.0. The van der Waals surface area contributed by atoms with Crippen LogP contribution < -0.4 is 0 Å². The number of allylic oxidation sites excluding steroid dienone is 2. The molecule has 0 aromatic heterocycles. The molecule has 0 radical (unpaired) electrons. The van der Waals surface area contributed by atoms with Crippen molar-refractivity contribution in [3.63, 3.8) is 0 Å². The molecule has 6 heteroatoms. The van der Waals surface area contributed by atoms with Crippen molar-refractivity contribution < 1.29 is 23.1 Å². The molecule has 0 aromatic carbocycles. The van der Waals surface area contributed by atoms with Crippen LogP contribution in [-0.2, 0) is 18.6 Å². The molecule has 0 saturated heterocycles. The zero-order valence-electron chi connectivity index (χ0n) is 21.1. The molecule has 0 bridgehead atoms. The van der Waals surface area contributed by atoms with Crippen molar-refractivity contribution in [2.24, 2.45) is 0 Å². The van der Waals surface area contributed by atoms with E-state index in [1.807, 2.05) is 21.1 Å². The van der Waals surface area contributed by atoms with E-state index in [1.54, 1.807) is 6.92 Å². The van der Waals surface area contributed by atoms with Crippen molar-refractivity contribution in [3.05, 3.63) is 12.2 Å². The summed E-state index contributed by atoms with van der Waals surface area (Å²) in [7, 11) is 4.17. The summed E-state index contributed by atoms with van der Waals surface area (Å²) in [4.78, 5) is 11.9. The van der Waals surface area contributed by atoms with Gasteiger partial charge in [-0.15, -0.1) is 4.52 Å². The normalized spacial score (nSPS) is 13.5. The molecule has 0 rings (SSSR count).